The molecule has 0 aliphatic heterocycles. The van der Waals surface area contributed by atoms with Crippen molar-refractivity contribution in [3.63, 3.8) is 0 Å². The van der Waals surface area contributed by atoms with Crippen molar-refractivity contribution in [1.29, 1.82) is 0 Å². The molecule has 4 aromatic rings. The largest absolute Gasteiger partial charge is 0.457 e. The molecule has 0 aliphatic carbocycles. The molecular formula is C23H16ClF2N3O2. The molecule has 0 spiro atoms. The van der Waals surface area contributed by atoms with Crippen molar-refractivity contribution in [3.8, 4) is 11.5 Å². The highest BCUT2D eigenvalue weighted by atomic mass is 35.5. The second-order valence-corrected chi connectivity index (χ2v) is 7.05. The SMILES string of the molecule is O=C(Nc1c(F)cccc1F)c1ccn(Cc2ccccc2Oc2cccc(Cl)c2)n1. The second-order valence-electron chi connectivity index (χ2n) is 6.62. The van der Waals surface area contributed by atoms with Crippen LogP contribution in [0.1, 0.15) is 16.1 Å². The molecule has 5 nitrogen and oxygen atoms in total. The van der Waals surface area contributed by atoms with Gasteiger partial charge in [0.15, 0.2) is 5.69 Å². The van der Waals surface area contributed by atoms with E-state index in [-0.39, 0.29) is 5.69 Å². The number of aromatic nitrogens is 2. The predicted octanol–water partition coefficient (Wildman–Crippen LogP) is 5.91. The first-order chi connectivity index (χ1) is 15.0. The van der Waals surface area contributed by atoms with Crippen LogP contribution in [0, 0.1) is 11.6 Å². The Morgan fingerprint density at radius 3 is 2.52 bits per heavy atom. The van der Waals surface area contributed by atoms with Gasteiger partial charge in [0.1, 0.15) is 28.8 Å². The highest BCUT2D eigenvalue weighted by Crippen LogP contribution is 2.27. The van der Waals surface area contributed by atoms with E-state index in [1.54, 1.807) is 30.5 Å². The number of benzene rings is 3. The van der Waals surface area contributed by atoms with E-state index in [1.807, 2.05) is 24.3 Å². The van der Waals surface area contributed by atoms with Gasteiger partial charge in [0.2, 0.25) is 0 Å². The average Bonchev–Trinajstić information content (AvgIpc) is 3.21. The summed E-state index contributed by atoms with van der Waals surface area (Å²) in [6, 6.07) is 19.2. The highest BCUT2D eigenvalue weighted by molar-refractivity contribution is 6.30. The van der Waals surface area contributed by atoms with Gasteiger partial charge in [-0.05, 0) is 42.5 Å². The summed E-state index contributed by atoms with van der Waals surface area (Å²) < 4.78 is 35.0. The van der Waals surface area contributed by atoms with Crippen LogP contribution in [-0.4, -0.2) is 15.7 Å². The van der Waals surface area contributed by atoms with Gasteiger partial charge in [-0.25, -0.2) is 8.78 Å². The van der Waals surface area contributed by atoms with Crippen LogP contribution in [0.25, 0.3) is 0 Å². The fourth-order valence-electron chi connectivity index (χ4n) is 2.93. The molecule has 1 aromatic heterocycles. The lowest BCUT2D eigenvalue weighted by Gasteiger charge is -2.11. The van der Waals surface area contributed by atoms with Gasteiger partial charge in [0.25, 0.3) is 5.91 Å². The minimum absolute atomic E-state index is 0.0240. The molecule has 156 valence electrons. The van der Waals surface area contributed by atoms with Crippen LogP contribution in [0.4, 0.5) is 14.5 Å². The molecule has 0 fully saturated rings. The Hall–Kier alpha value is -3.71. The average molecular weight is 440 g/mol. The first kappa shape index (κ1) is 20.6. The van der Waals surface area contributed by atoms with Crippen molar-refractivity contribution < 1.29 is 18.3 Å². The van der Waals surface area contributed by atoms with Crippen LogP contribution < -0.4 is 10.1 Å². The van der Waals surface area contributed by atoms with Gasteiger partial charge in [-0.3, -0.25) is 9.48 Å². The number of carbonyl (C=O) groups excluding carboxylic acids is 1. The van der Waals surface area contributed by atoms with Crippen LogP contribution >= 0.6 is 11.6 Å². The molecule has 3 aromatic carbocycles. The van der Waals surface area contributed by atoms with E-state index >= 15 is 0 Å². The number of ether oxygens (including phenoxy) is 1. The van der Waals surface area contributed by atoms with Crippen LogP contribution in [-0.2, 0) is 6.54 Å². The van der Waals surface area contributed by atoms with Crippen LogP contribution in [0.3, 0.4) is 0 Å². The van der Waals surface area contributed by atoms with Crippen LogP contribution in [0.5, 0.6) is 11.5 Å². The topological polar surface area (TPSA) is 56.2 Å². The second kappa shape index (κ2) is 8.97. The van der Waals surface area contributed by atoms with E-state index in [0.717, 1.165) is 17.7 Å². The quantitative estimate of drug-likeness (QED) is 0.406. The zero-order valence-corrected chi connectivity index (χ0v) is 16.8. The lowest BCUT2D eigenvalue weighted by Crippen LogP contribution is -2.15. The molecule has 0 saturated heterocycles. The van der Waals surface area contributed by atoms with Gasteiger partial charge in [0, 0.05) is 16.8 Å². The number of anilines is 1. The molecule has 0 bridgehead atoms. The highest BCUT2D eigenvalue weighted by Gasteiger charge is 2.16. The number of para-hydroxylation sites is 2. The van der Waals surface area contributed by atoms with E-state index in [1.165, 1.54) is 16.8 Å². The Kier molecular flexibility index (Phi) is 5.95. The molecule has 0 unspecified atom stereocenters. The zero-order valence-electron chi connectivity index (χ0n) is 16.1. The first-order valence-corrected chi connectivity index (χ1v) is 9.67. The summed E-state index contributed by atoms with van der Waals surface area (Å²) >= 11 is 6.01. The molecule has 0 atom stereocenters. The Bertz CT molecular complexity index is 1220. The molecule has 0 radical (unpaired) electrons. The van der Waals surface area contributed by atoms with Crippen molar-refractivity contribution >= 4 is 23.2 Å². The summed E-state index contributed by atoms with van der Waals surface area (Å²) in [6.45, 7) is 0.318. The minimum Gasteiger partial charge on any atom is -0.457 e. The third-order valence-corrected chi connectivity index (χ3v) is 4.64. The van der Waals surface area contributed by atoms with Gasteiger partial charge in [-0.2, -0.15) is 5.10 Å². The smallest absolute Gasteiger partial charge is 0.276 e. The van der Waals surface area contributed by atoms with Gasteiger partial charge < -0.3 is 10.1 Å². The maximum absolute atomic E-state index is 13.8. The van der Waals surface area contributed by atoms with E-state index < -0.39 is 23.2 Å². The summed E-state index contributed by atoms with van der Waals surface area (Å²) in [5.74, 6) is -1.24. The van der Waals surface area contributed by atoms with Gasteiger partial charge in [-0.1, -0.05) is 41.9 Å². The number of carbonyl (C=O) groups is 1. The number of hydrogen-bond donors (Lipinski definition) is 1. The van der Waals surface area contributed by atoms with Gasteiger partial charge in [0.05, 0.1) is 6.54 Å². The van der Waals surface area contributed by atoms with Gasteiger partial charge >= 0.3 is 0 Å². The third-order valence-electron chi connectivity index (χ3n) is 4.40. The van der Waals surface area contributed by atoms with Crippen molar-refractivity contribution in [2.45, 2.75) is 6.54 Å². The Morgan fingerprint density at radius 2 is 1.74 bits per heavy atom. The molecule has 4 rings (SSSR count). The fraction of sp³-hybridized carbons (Fsp3) is 0.0435. The molecular weight excluding hydrogens is 424 g/mol. The fourth-order valence-corrected chi connectivity index (χ4v) is 3.11. The number of rotatable bonds is 6. The molecule has 31 heavy (non-hydrogen) atoms. The molecule has 1 heterocycles. The molecule has 1 N–H and O–H groups in total. The molecule has 1 amide bonds. The van der Waals surface area contributed by atoms with Crippen molar-refractivity contribution in [3.05, 3.63) is 107 Å². The minimum atomic E-state index is -0.861. The third kappa shape index (κ3) is 4.90. The Morgan fingerprint density at radius 1 is 1.00 bits per heavy atom. The molecule has 0 aliphatic rings. The zero-order chi connectivity index (χ0) is 21.8. The van der Waals surface area contributed by atoms with E-state index in [4.69, 9.17) is 16.3 Å². The molecule has 8 heteroatoms. The number of nitrogens with zero attached hydrogens (tertiary/aromatic N) is 2. The summed E-state index contributed by atoms with van der Waals surface area (Å²) in [5.41, 5.74) is 0.330. The summed E-state index contributed by atoms with van der Waals surface area (Å²) in [7, 11) is 0. The maximum Gasteiger partial charge on any atom is 0.276 e. The van der Waals surface area contributed by atoms with E-state index in [2.05, 4.69) is 10.4 Å². The normalized spacial score (nSPS) is 10.7. The Labute approximate surface area is 181 Å². The monoisotopic (exact) mass is 439 g/mol. The number of nitrogens with one attached hydrogen (secondary N) is 1. The Balaban J connectivity index is 1.50. The van der Waals surface area contributed by atoms with Crippen molar-refractivity contribution in [2.24, 2.45) is 0 Å². The first-order valence-electron chi connectivity index (χ1n) is 9.30. The standard InChI is InChI=1S/C23H16ClF2N3O2/c24-16-6-3-7-17(13-16)31-21-10-2-1-5-15(21)14-29-12-11-20(28-29)23(30)27-22-18(25)8-4-9-19(22)26/h1-13H,14H2,(H,27,30). The predicted molar refractivity (Wildman–Crippen MR) is 114 cm³/mol. The van der Waals surface area contributed by atoms with E-state index in [9.17, 15) is 13.6 Å². The number of hydrogen-bond acceptors (Lipinski definition) is 3. The number of amides is 1. The number of halogens is 3. The lowest BCUT2D eigenvalue weighted by molar-refractivity contribution is 0.102. The maximum atomic E-state index is 13.8. The van der Waals surface area contributed by atoms with Crippen LogP contribution in [0.15, 0.2) is 79.0 Å². The van der Waals surface area contributed by atoms with Crippen LogP contribution in [0.2, 0.25) is 5.02 Å². The summed E-state index contributed by atoms with van der Waals surface area (Å²) in [6.07, 6.45) is 1.60. The van der Waals surface area contributed by atoms with Crippen molar-refractivity contribution in [1.82, 2.24) is 9.78 Å². The molecule has 0 saturated carbocycles. The van der Waals surface area contributed by atoms with E-state index in [0.29, 0.717) is 23.1 Å². The lowest BCUT2D eigenvalue weighted by atomic mass is 10.2. The summed E-state index contributed by atoms with van der Waals surface area (Å²) in [5, 5.41) is 6.98. The van der Waals surface area contributed by atoms with Crippen molar-refractivity contribution in [2.75, 3.05) is 5.32 Å². The summed E-state index contributed by atoms with van der Waals surface area (Å²) in [4.78, 5) is 12.4. The van der Waals surface area contributed by atoms with Gasteiger partial charge in [-0.15, -0.1) is 0 Å².